The lowest BCUT2D eigenvalue weighted by molar-refractivity contribution is 0.0196. The van der Waals surface area contributed by atoms with E-state index in [0.717, 1.165) is 16.3 Å². The summed E-state index contributed by atoms with van der Waals surface area (Å²) in [6.45, 7) is 10.0. The molecule has 1 atom stereocenters. The number of amides is 2. The summed E-state index contributed by atoms with van der Waals surface area (Å²) >= 11 is 0. The van der Waals surface area contributed by atoms with Crippen LogP contribution in [0, 0.1) is 12.7 Å². The Morgan fingerprint density at radius 3 is 2.68 bits per heavy atom. The highest BCUT2D eigenvalue weighted by molar-refractivity contribution is 6.11. The third-order valence-electron chi connectivity index (χ3n) is 7.03. The Kier molecular flexibility index (Phi) is 7.70. The molecule has 0 N–H and O–H groups in total. The minimum absolute atomic E-state index is 0.119. The minimum Gasteiger partial charge on any atom is -0.444 e. The Labute approximate surface area is 238 Å². The first-order valence-electron chi connectivity index (χ1n) is 13.8. The van der Waals surface area contributed by atoms with E-state index >= 15 is 4.39 Å². The summed E-state index contributed by atoms with van der Waals surface area (Å²) in [7, 11) is 0. The van der Waals surface area contributed by atoms with Gasteiger partial charge in [-0.3, -0.25) is 9.69 Å². The number of aromatic nitrogens is 5. The second-order valence-electron chi connectivity index (χ2n) is 11.2. The topological polar surface area (TPSA) is 106 Å². The number of pyridine rings is 1. The molecule has 41 heavy (non-hydrogen) atoms. The van der Waals surface area contributed by atoms with E-state index in [2.05, 4.69) is 20.4 Å². The molecule has 1 saturated heterocycles. The maximum absolute atomic E-state index is 15.7. The van der Waals surface area contributed by atoms with Gasteiger partial charge in [-0.05, 0) is 74.9 Å². The van der Waals surface area contributed by atoms with Crippen LogP contribution in [-0.2, 0) is 11.2 Å². The average molecular weight is 560 g/mol. The summed E-state index contributed by atoms with van der Waals surface area (Å²) in [6.07, 6.45) is 3.05. The van der Waals surface area contributed by atoms with Gasteiger partial charge in [0.25, 0.3) is 5.91 Å². The van der Waals surface area contributed by atoms with Gasteiger partial charge in [0.15, 0.2) is 5.82 Å². The van der Waals surface area contributed by atoms with Crippen molar-refractivity contribution in [3.8, 4) is 5.69 Å². The molecule has 10 nitrogen and oxygen atoms in total. The van der Waals surface area contributed by atoms with Crippen molar-refractivity contribution in [3.05, 3.63) is 71.4 Å². The van der Waals surface area contributed by atoms with Gasteiger partial charge in [0, 0.05) is 37.2 Å². The van der Waals surface area contributed by atoms with Gasteiger partial charge in [0.2, 0.25) is 0 Å². The van der Waals surface area contributed by atoms with E-state index in [1.807, 2.05) is 58.9 Å². The van der Waals surface area contributed by atoms with Crippen molar-refractivity contribution in [1.82, 2.24) is 30.1 Å². The summed E-state index contributed by atoms with van der Waals surface area (Å²) in [5.74, 6) is -0.310. The molecule has 2 aromatic carbocycles. The Morgan fingerprint density at radius 1 is 1.17 bits per heavy atom. The van der Waals surface area contributed by atoms with Gasteiger partial charge in [0.05, 0.1) is 17.3 Å². The van der Waals surface area contributed by atoms with E-state index in [-0.39, 0.29) is 12.1 Å². The maximum Gasteiger partial charge on any atom is 0.410 e. The number of tetrazole rings is 1. The van der Waals surface area contributed by atoms with Crippen LogP contribution in [0.2, 0.25) is 0 Å². The van der Waals surface area contributed by atoms with E-state index in [0.29, 0.717) is 43.1 Å². The van der Waals surface area contributed by atoms with Crippen LogP contribution in [0.4, 0.5) is 15.0 Å². The number of ether oxygens (including phenoxy) is 1. The van der Waals surface area contributed by atoms with E-state index in [4.69, 9.17) is 4.74 Å². The molecule has 1 aliphatic rings. The van der Waals surface area contributed by atoms with Crippen LogP contribution < -0.4 is 4.90 Å². The Balaban J connectivity index is 1.56. The van der Waals surface area contributed by atoms with Gasteiger partial charge >= 0.3 is 6.09 Å². The quantitative estimate of drug-likeness (QED) is 0.328. The fraction of sp³-hybridized carbons (Fsp3) is 0.400. The molecule has 0 unspecified atom stereocenters. The molecule has 5 rings (SSSR count). The fourth-order valence-electron chi connectivity index (χ4n) is 5.09. The molecule has 214 valence electrons. The number of hydrogen-bond acceptors (Lipinski definition) is 7. The SMILES string of the molecule is CCc1nnn(-c2ccc(C(=O)N(c3nccc4cccc(C)c34)[C@@H]3CCCN(C(=O)OC(C)(C)C)C3)c(F)c2)n1. The first-order chi connectivity index (χ1) is 19.6. The molecule has 1 fully saturated rings. The van der Waals surface area contributed by atoms with Crippen LogP contribution in [0.5, 0.6) is 0 Å². The van der Waals surface area contributed by atoms with Crippen molar-refractivity contribution in [2.45, 2.75) is 65.5 Å². The summed E-state index contributed by atoms with van der Waals surface area (Å²) in [5.41, 5.74) is 0.510. The molecule has 0 bridgehead atoms. The number of piperidine rings is 1. The second-order valence-corrected chi connectivity index (χ2v) is 11.2. The van der Waals surface area contributed by atoms with Crippen LogP contribution in [0.25, 0.3) is 16.5 Å². The molecule has 2 amide bonds. The van der Waals surface area contributed by atoms with Crippen molar-refractivity contribution in [1.29, 1.82) is 0 Å². The van der Waals surface area contributed by atoms with Gasteiger partial charge in [-0.25, -0.2) is 14.2 Å². The van der Waals surface area contributed by atoms with Crippen LogP contribution in [0.3, 0.4) is 0 Å². The lowest BCUT2D eigenvalue weighted by Gasteiger charge is -2.39. The molecule has 4 aromatic rings. The second kappa shape index (κ2) is 11.2. The van der Waals surface area contributed by atoms with E-state index < -0.39 is 29.5 Å². The first-order valence-corrected chi connectivity index (χ1v) is 13.8. The highest BCUT2D eigenvalue weighted by Gasteiger charge is 2.36. The summed E-state index contributed by atoms with van der Waals surface area (Å²) < 4.78 is 21.3. The molecule has 11 heteroatoms. The monoisotopic (exact) mass is 559 g/mol. The summed E-state index contributed by atoms with van der Waals surface area (Å²) in [6, 6.07) is 11.5. The van der Waals surface area contributed by atoms with Crippen molar-refractivity contribution in [2.75, 3.05) is 18.0 Å². The van der Waals surface area contributed by atoms with Gasteiger partial charge < -0.3 is 9.64 Å². The fourth-order valence-corrected chi connectivity index (χ4v) is 5.09. The molecular formula is C30H34FN7O3. The molecule has 3 heterocycles. The zero-order chi connectivity index (χ0) is 29.3. The Hall–Kier alpha value is -4.41. The number of carbonyl (C=O) groups is 2. The Bertz CT molecular complexity index is 1590. The van der Waals surface area contributed by atoms with Gasteiger partial charge in [-0.2, -0.15) is 0 Å². The zero-order valence-corrected chi connectivity index (χ0v) is 24.0. The molecular weight excluding hydrogens is 525 g/mol. The van der Waals surface area contributed by atoms with Crippen LogP contribution in [-0.4, -0.2) is 66.8 Å². The average Bonchev–Trinajstić information content (AvgIpc) is 3.42. The number of anilines is 1. The standard InChI is InChI=1S/C30H34FN7O3/c1-6-25-33-35-38(34-25)21-12-13-23(24(31)17-21)28(39)37(27-26-19(2)9-7-10-20(26)14-15-32-27)22-11-8-16-36(18-22)29(40)41-30(3,4)5/h7,9-10,12-15,17,22H,6,8,11,16,18H2,1-5H3/t22-/m1/s1. The molecule has 0 aliphatic carbocycles. The van der Waals surface area contributed by atoms with Gasteiger partial charge in [0.1, 0.15) is 17.2 Å². The number of hydrogen-bond donors (Lipinski definition) is 0. The van der Waals surface area contributed by atoms with Crippen LogP contribution >= 0.6 is 0 Å². The molecule has 1 aliphatic heterocycles. The van der Waals surface area contributed by atoms with Crippen LogP contribution in [0.1, 0.15) is 62.3 Å². The lowest BCUT2D eigenvalue weighted by Crippen LogP contribution is -2.53. The number of rotatable bonds is 5. The molecule has 2 aromatic heterocycles. The van der Waals surface area contributed by atoms with Crippen molar-refractivity contribution < 1.29 is 18.7 Å². The number of aryl methyl sites for hydroxylation is 2. The van der Waals surface area contributed by atoms with Gasteiger partial charge in [-0.1, -0.05) is 25.1 Å². The number of likely N-dealkylation sites (tertiary alicyclic amines) is 1. The van der Waals surface area contributed by atoms with Crippen molar-refractivity contribution >= 4 is 28.6 Å². The highest BCUT2D eigenvalue weighted by Crippen LogP contribution is 2.33. The Morgan fingerprint density at radius 2 is 1.98 bits per heavy atom. The number of carbonyl (C=O) groups excluding carboxylic acids is 2. The maximum atomic E-state index is 15.7. The molecule has 0 saturated carbocycles. The number of nitrogens with zero attached hydrogens (tertiary/aromatic N) is 7. The normalized spacial score (nSPS) is 15.7. The van der Waals surface area contributed by atoms with Crippen molar-refractivity contribution in [2.24, 2.45) is 0 Å². The number of halogens is 1. The van der Waals surface area contributed by atoms with Crippen molar-refractivity contribution in [3.63, 3.8) is 0 Å². The largest absolute Gasteiger partial charge is 0.444 e. The number of benzene rings is 2. The summed E-state index contributed by atoms with van der Waals surface area (Å²) in [4.78, 5) is 36.3. The first kappa shape index (κ1) is 28.1. The third kappa shape index (κ3) is 5.89. The lowest BCUT2D eigenvalue weighted by atomic mass is 10.00. The molecule has 0 radical (unpaired) electrons. The van der Waals surface area contributed by atoms with E-state index in [9.17, 15) is 9.59 Å². The smallest absolute Gasteiger partial charge is 0.410 e. The minimum atomic E-state index is -0.718. The highest BCUT2D eigenvalue weighted by atomic mass is 19.1. The number of fused-ring (bicyclic) bond motifs is 1. The predicted molar refractivity (Wildman–Crippen MR) is 153 cm³/mol. The van der Waals surface area contributed by atoms with Crippen LogP contribution in [0.15, 0.2) is 48.7 Å². The third-order valence-corrected chi connectivity index (χ3v) is 7.03. The predicted octanol–water partition coefficient (Wildman–Crippen LogP) is 5.27. The summed E-state index contributed by atoms with van der Waals surface area (Å²) in [5, 5.41) is 13.9. The zero-order valence-electron chi connectivity index (χ0n) is 24.0. The van der Waals surface area contributed by atoms with E-state index in [1.165, 1.54) is 16.9 Å². The van der Waals surface area contributed by atoms with E-state index in [1.54, 1.807) is 22.1 Å². The molecule has 0 spiro atoms. The van der Waals surface area contributed by atoms with Gasteiger partial charge in [-0.15, -0.1) is 15.0 Å².